The zero-order chi connectivity index (χ0) is 13.0. The van der Waals surface area contributed by atoms with E-state index in [-0.39, 0.29) is 11.5 Å². The number of ketones is 1. The third-order valence-corrected chi connectivity index (χ3v) is 5.07. The molecular formula is C11H9FN2OS3. The average molecular weight is 300 g/mol. The van der Waals surface area contributed by atoms with Gasteiger partial charge in [-0.3, -0.25) is 4.79 Å². The van der Waals surface area contributed by atoms with Crippen LogP contribution in [0.3, 0.4) is 0 Å². The van der Waals surface area contributed by atoms with E-state index in [0.717, 1.165) is 8.68 Å². The van der Waals surface area contributed by atoms with Crippen LogP contribution < -0.4 is 0 Å². The van der Waals surface area contributed by atoms with Crippen LogP contribution in [0.4, 0.5) is 4.39 Å². The van der Waals surface area contributed by atoms with Gasteiger partial charge in [0.05, 0.1) is 5.75 Å². The number of halogens is 1. The van der Waals surface area contributed by atoms with E-state index < -0.39 is 5.82 Å². The van der Waals surface area contributed by atoms with Crippen molar-refractivity contribution in [2.24, 2.45) is 0 Å². The Morgan fingerprint density at radius 1 is 1.39 bits per heavy atom. The standard InChI is InChI=1S/C11H9FN2OS3/c1-16-10-13-14-11(18-10)17-6-9(15)7-3-2-4-8(12)5-7/h2-5H,6H2,1H3. The van der Waals surface area contributed by atoms with Crippen LogP contribution in [0.1, 0.15) is 10.4 Å². The maximum atomic E-state index is 13.0. The molecular weight excluding hydrogens is 291 g/mol. The smallest absolute Gasteiger partial charge is 0.175 e. The molecule has 0 radical (unpaired) electrons. The largest absolute Gasteiger partial charge is 0.293 e. The molecule has 2 rings (SSSR count). The maximum absolute atomic E-state index is 13.0. The summed E-state index contributed by atoms with van der Waals surface area (Å²) in [6.07, 6.45) is 1.92. The summed E-state index contributed by atoms with van der Waals surface area (Å²) in [4.78, 5) is 11.8. The van der Waals surface area contributed by atoms with Gasteiger partial charge >= 0.3 is 0 Å². The first-order chi connectivity index (χ1) is 8.69. The van der Waals surface area contributed by atoms with Crippen molar-refractivity contribution >= 4 is 40.6 Å². The summed E-state index contributed by atoms with van der Waals surface area (Å²) in [7, 11) is 0. The minimum absolute atomic E-state index is 0.111. The molecule has 1 heterocycles. The summed E-state index contributed by atoms with van der Waals surface area (Å²) in [5, 5.41) is 7.89. The molecule has 0 atom stereocenters. The number of nitrogens with zero attached hydrogens (tertiary/aromatic N) is 2. The van der Waals surface area contributed by atoms with Crippen molar-refractivity contribution < 1.29 is 9.18 Å². The van der Waals surface area contributed by atoms with E-state index in [1.165, 1.54) is 53.1 Å². The molecule has 94 valence electrons. The number of Topliss-reactive ketones (excluding diaryl/α,β-unsaturated/α-hetero) is 1. The van der Waals surface area contributed by atoms with Gasteiger partial charge in [-0.2, -0.15) is 0 Å². The maximum Gasteiger partial charge on any atom is 0.175 e. The second-order valence-corrected chi connectivity index (χ2v) is 6.51. The SMILES string of the molecule is CSc1nnc(SCC(=O)c2cccc(F)c2)s1. The molecule has 0 fully saturated rings. The Kier molecular flexibility index (Phi) is 4.73. The zero-order valence-corrected chi connectivity index (χ0v) is 11.9. The molecule has 1 aromatic carbocycles. The van der Waals surface area contributed by atoms with Crippen LogP contribution in [0.15, 0.2) is 32.9 Å². The highest BCUT2D eigenvalue weighted by Crippen LogP contribution is 2.27. The normalized spacial score (nSPS) is 10.6. The zero-order valence-electron chi connectivity index (χ0n) is 9.42. The minimum atomic E-state index is -0.397. The molecule has 0 aliphatic carbocycles. The second-order valence-electron chi connectivity index (χ2n) is 3.26. The summed E-state index contributed by atoms with van der Waals surface area (Å²) < 4.78 is 14.6. The lowest BCUT2D eigenvalue weighted by Crippen LogP contribution is -2.02. The van der Waals surface area contributed by atoms with Crippen LogP contribution in [0.2, 0.25) is 0 Å². The topological polar surface area (TPSA) is 42.9 Å². The lowest BCUT2D eigenvalue weighted by molar-refractivity contribution is 0.102. The highest BCUT2D eigenvalue weighted by molar-refractivity contribution is 8.03. The van der Waals surface area contributed by atoms with Crippen LogP contribution in [0, 0.1) is 5.82 Å². The molecule has 0 spiro atoms. The Hall–Kier alpha value is -0.920. The van der Waals surface area contributed by atoms with Gasteiger partial charge in [0.25, 0.3) is 0 Å². The van der Waals surface area contributed by atoms with Gasteiger partial charge in [0.2, 0.25) is 0 Å². The predicted molar refractivity (Wildman–Crippen MR) is 73.1 cm³/mol. The number of hydrogen-bond donors (Lipinski definition) is 0. The fourth-order valence-electron chi connectivity index (χ4n) is 1.21. The van der Waals surface area contributed by atoms with Crippen molar-refractivity contribution in [3.8, 4) is 0 Å². The van der Waals surface area contributed by atoms with Gasteiger partial charge < -0.3 is 0 Å². The Balaban J connectivity index is 1.96. The second kappa shape index (κ2) is 6.31. The monoisotopic (exact) mass is 300 g/mol. The van der Waals surface area contributed by atoms with Gasteiger partial charge in [-0.05, 0) is 18.4 Å². The molecule has 2 aromatic rings. The fraction of sp³-hybridized carbons (Fsp3) is 0.182. The first kappa shape index (κ1) is 13.5. The van der Waals surface area contributed by atoms with Crippen molar-refractivity contribution in [1.82, 2.24) is 10.2 Å². The summed E-state index contributed by atoms with van der Waals surface area (Å²) in [5.74, 6) is -0.265. The van der Waals surface area contributed by atoms with Crippen molar-refractivity contribution in [2.75, 3.05) is 12.0 Å². The first-order valence-electron chi connectivity index (χ1n) is 4.98. The van der Waals surface area contributed by atoms with Crippen LogP contribution in [-0.2, 0) is 0 Å². The molecule has 0 amide bonds. The van der Waals surface area contributed by atoms with Crippen LogP contribution in [0.25, 0.3) is 0 Å². The Morgan fingerprint density at radius 3 is 2.83 bits per heavy atom. The minimum Gasteiger partial charge on any atom is -0.293 e. The Labute approximate surface area is 116 Å². The number of hydrogen-bond acceptors (Lipinski definition) is 6. The molecule has 7 heteroatoms. The molecule has 0 bridgehead atoms. The highest BCUT2D eigenvalue weighted by Gasteiger charge is 2.10. The van der Waals surface area contributed by atoms with Crippen molar-refractivity contribution in [1.29, 1.82) is 0 Å². The van der Waals surface area contributed by atoms with E-state index in [1.54, 1.807) is 6.07 Å². The number of carbonyl (C=O) groups is 1. The van der Waals surface area contributed by atoms with Crippen molar-refractivity contribution in [3.63, 3.8) is 0 Å². The Bertz CT molecular complexity index is 559. The fourth-order valence-corrected chi connectivity index (χ4v) is 3.54. The summed E-state index contributed by atoms with van der Waals surface area (Å²) in [6.45, 7) is 0. The molecule has 0 saturated heterocycles. The molecule has 3 nitrogen and oxygen atoms in total. The van der Waals surface area contributed by atoms with E-state index in [2.05, 4.69) is 10.2 Å². The quantitative estimate of drug-likeness (QED) is 0.625. The Morgan fingerprint density at radius 2 is 2.17 bits per heavy atom. The van der Waals surface area contributed by atoms with Crippen molar-refractivity contribution in [3.05, 3.63) is 35.6 Å². The van der Waals surface area contributed by atoms with Crippen LogP contribution in [0.5, 0.6) is 0 Å². The molecule has 0 unspecified atom stereocenters. The van der Waals surface area contributed by atoms with Gasteiger partial charge in [0.1, 0.15) is 5.82 Å². The predicted octanol–water partition coefficient (Wildman–Crippen LogP) is 3.37. The van der Waals surface area contributed by atoms with Gasteiger partial charge in [0.15, 0.2) is 14.5 Å². The van der Waals surface area contributed by atoms with Gasteiger partial charge in [-0.15, -0.1) is 10.2 Å². The number of rotatable bonds is 5. The van der Waals surface area contributed by atoms with Gasteiger partial charge in [-0.25, -0.2) is 4.39 Å². The molecule has 1 aromatic heterocycles. The lowest BCUT2D eigenvalue weighted by Gasteiger charge is -1.98. The molecule has 0 aliphatic rings. The molecule has 0 N–H and O–H groups in total. The highest BCUT2D eigenvalue weighted by atomic mass is 32.2. The van der Waals surface area contributed by atoms with Crippen molar-refractivity contribution in [2.45, 2.75) is 8.68 Å². The van der Waals surface area contributed by atoms with Crippen LogP contribution in [-0.4, -0.2) is 28.0 Å². The summed E-state index contributed by atoms with van der Waals surface area (Å²) >= 11 is 4.29. The number of aromatic nitrogens is 2. The summed E-state index contributed by atoms with van der Waals surface area (Å²) in [5.41, 5.74) is 0.386. The van der Waals surface area contributed by atoms with Crippen LogP contribution >= 0.6 is 34.9 Å². The molecule has 18 heavy (non-hydrogen) atoms. The molecule has 0 saturated carbocycles. The third kappa shape index (κ3) is 3.54. The van der Waals surface area contributed by atoms with E-state index >= 15 is 0 Å². The molecule has 0 aliphatic heterocycles. The van der Waals surface area contributed by atoms with E-state index in [0.29, 0.717) is 5.56 Å². The lowest BCUT2D eigenvalue weighted by atomic mass is 10.1. The van der Waals surface area contributed by atoms with Gasteiger partial charge in [0, 0.05) is 5.56 Å². The van der Waals surface area contributed by atoms with E-state index in [4.69, 9.17) is 0 Å². The van der Waals surface area contributed by atoms with E-state index in [1.807, 2.05) is 6.26 Å². The summed E-state index contributed by atoms with van der Waals surface area (Å²) in [6, 6.07) is 5.71. The number of benzene rings is 1. The first-order valence-corrected chi connectivity index (χ1v) is 8.01. The average Bonchev–Trinajstić information content (AvgIpc) is 2.84. The number of thioether (sulfide) groups is 2. The van der Waals surface area contributed by atoms with Gasteiger partial charge in [-0.1, -0.05) is 47.0 Å². The van der Waals surface area contributed by atoms with E-state index in [9.17, 15) is 9.18 Å². The third-order valence-electron chi connectivity index (χ3n) is 2.04. The number of carbonyl (C=O) groups excluding carboxylic acids is 1.